The SMILES string of the molecule is CC1(C)[C@@H]2[C@@H]3NC(=O)[C@H]2C[C@H]1[C@H]3N. The number of hydrogen-bond donors (Lipinski definition) is 2. The summed E-state index contributed by atoms with van der Waals surface area (Å²) in [5.41, 5.74) is 6.40. The minimum Gasteiger partial charge on any atom is -0.351 e. The third-order valence-electron chi connectivity index (χ3n) is 4.67. The topological polar surface area (TPSA) is 55.1 Å². The summed E-state index contributed by atoms with van der Waals surface area (Å²) < 4.78 is 0. The van der Waals surface area contributed by atoms with E-state index in [9.17, 15) is 4.79 Å². The van der Waals surface area contributed by atoms with Gasteiger partial charge in [0.1, 0.15) is 0 Å². The highest BCUT2D eigenvalue weighted by atomic mass is 16.2. The quantitative estimate of drug-likeness (QED) is 0.555. The number of carbonyl (C=O) groups excluding carboxylic acids is 1. The van der Waals surface area contributed by atoms with E-state index >= 15 is 0 Å². The van der Waals surface area contributed by atoms with Crippen LogP contribution in [0.2, 0.25) is 0 Å². The molecule has 0 spiro atoms. The molecule has 0 unspecified atom stereocenters. The predicted octanol–water partition coefficient (Wildman–Crippen LogP) is 0.104. The Morgan fingerprint density at radius 2 is 2.23 bits per heavy atom. The molecule has 2 aliphatic carbocycles. The highest BCUT2D eigenvalue weighted by Gasteiger charge is 2.67. The molecule has 13 heavy (non-hydrogen) atoms. The average molecular weight is 180 g/mol. The largest absolute Gasteiger partial charge is 0.351 e. The zero-order valence-electron chi connectivity index (χ0n) is 8.08. The van der Waals surface area contributed by atoms with E-state index in [1.807, 2.05) is 0 Å². The van der Waals surface area contributed by atoms with Crippen molar-refractivity contribution >= 4 is 5.91 Å². The lowest BCUT2D eigenvalue weighted by Gasteiger charge is -2.24. The van der Waals surface area contributed by atoms with Crippen LogP contribution < -0.4 is 11.1 Å². The molecule has 3 aliphatic rings. The first kappa shape index (κ1) is 7.80. The number of hydrogen-bond acceptors (Lipinski definition) is 2. The number of carbonyl (C=O) groups is 1. The summed E-state index contributed by atoms with van der Waals surface area (Å²) >= 11 is 0. The zero-order valence-corrected chi connectivity index (χ0v) is 8.08. The van der Waals surface area contributed by atoms with Crippen LogP contribution in [-0.4, -0.2) is 18.0 Å². The molecular weight excluding hydrogens is 164 g/mol. The summed E-state index contributed by atoms with van der Waals surface area (Å²) in [6.07, 6.45) is 1.02. The van der Waals surface area contributed by atoms with Gasteiger partial charge >= 0.3 is 0 Å². The highest BCUT2D eigenvalue weighted by Crippen LogP contribution is 2.61. The van der Waals surface area contributed by atoms with Gasteiger partial charge in [0.15, 0.2) is 0 Å². The maximum Gasteiger partial charge on any atom is 0.223 e. The first-order valence-electron chi connectivity index (χ1n) is 5.09. The van der Waals surface area contributed by atoms with Gasteiger partial charge in [-0.25, -0.2) is 0 Å². The molecule has 1 heterocycles. The van der Waals surface area contributed by atoms with Gasteiger partial charge in [0.2, 0.25) is 5.91 Å². The molecule has 0 aromatic carbocycles. The third-order valence-corrected chi connectivity index (χ3v) is 4.67. The van der Waals surface area contributed by atoms with E-state index < -0.39 is 0 Å². The van der Waals surface area contributed by atoms with Gasteiger partial charge in [0.25, 0.3) is 0 Å². The van der Waals surface area contributed by atoms with Gasteiger partial charge in [-0.3, -0.25) is 4.79 Å². The number of nitrogens with two attached hydrogens (primary N) is 1. The van der Waals surface area contributed by atoms with Crippen molar-refractivity contribution in [2.45, 2.75) is 32.4 Å². The van der Waals surface area contributed by atoms with E-state index in [1.54, 1.807) is 0 Å². The summed E-state index contributed by atoms with van der Waals surface area (Å²) in [6, 6.07) is 0.467. The first-order chi connectivity index (χ1) is 6.03. The van der Waals surface area contributed by atoms with E-state index in [1.165, 1.54) is 0 Å². The summed E-state index contributed by atoms with van der Waals surface area (Å²) in [4.78, 5) is 11.6. The Bertz CT molecular complexity index is 287. The number of nitrogens with one attached hydrogen (secondary N) is 1. The lowest BCUT2D eigenvalue weighted by Crippen LogP contribution is -2.44. The fourth-order valence-corrected chi connectivity index (χ4v) is 4.07. The molecule has 3 fully saturated rings. The van der Waals surface area contributed by atoms with Crippen molar-refractivity contribution in [2.75, 3.05) is 0 Å². The Morgan fingerprint density at radius 3 is 2.77 bits per heavy atom. The minimum absolute atomic E-state index is 0.197. The molecule has 2 bridgehead atoms. The second-order valence-corrected chi connectivity index (χ2v) is 5.41. The highest BCUT2D eigenvalue weighted by molar-refractivity contribution is 5.83. The molecule has 2 saturated carbocycles. The maximum absolute atomic E-state index is 11.6. The van der Waals surface area contributed by atoms with Crippen LogP contribution in [0.1, 0.15) is 20.3 Å². The Hall–Kier alpha value is -0.570. The van der Waals surface area contributed by atoms with Crippen LogP contribution in [0.3, 0.4) is 0 Å². The summed E-state index contributed by atoms with van der Waals surface area (Å²) in [6.45, 7) is 4.53. The summed E-state index contributed by atoms with van der Waals surface area (Å²) in [5, 5.41) is 3.05. The molecule has 3 nitrogen and oxygen atoms in total. The Morgan fingerprint density at radius 1 is 1.54 bits per heavy atom. The standard InChI is InChI=1S/C10H16N2O/c1-10(2)5-3-4-6(10)8(7(5)11)12-9(4)13/h4-8H,3,11H2,1-2H3,(H,12,13)/t4-,5-,6-,7+,8-/m0/s1. The second kappa shape index (κ2) is 1.92. The molecule has 1 amide bonds. The van der Waals surface area contributed by atoms with Crippen molar-refractivity contribution in [1.29, 1.82) is 0 Å². The van der Waals surface area contributed by atoms with Crippen molar-refractivity contribution in [3.05, 3.63) is 0 Å². The molecule has 3 N–H and O–H groups in total. The molecule has 1 aliphatic heterocycles. The van der Waals surface area contributed by atoms with Gasteiger partial charge in [-0.15, -0.1) is 0 Å². The van der Waals surface area contributed by atoms with Crippen LogP contribution in [-0.2, 0) is 4.79 Å². The number of amides is 1. The molecular formula is C10H16N2O. The van der Waals surface area contributed by atoms with Crippen LogP contribution >= 0.6 is 0 Å². The van der Waals surface area contributed by atoms with E-state index in [2.05, 4.69) is 19.2 Å². The molecule has 1 saturated heterocycles. The smallest absolute Gasteiger partial charge is 0.223 e. The van der Waals surface area contributed by atoms with Crippen molar-refractivity contribution in [3.63, 3.8) is 0 Å². The van der Waals surface area contributed by atoms with Gasteiger partial charge in [0, 0.05) is 18.0 Å². The number of rotatable bonds is 0. The lowest BCUT2D eigenvalue weighted by molar-refractivity contribution is -0.122. The van der Waals surface area contributed by atoms with Crippen LogP contribution in [0.15, 0.2) is 0 Å². The lowest BCUT2D eigenvalue weighted by atomic mass is 9.80. The monoisotopic (exact) mass is 180 g/mol. The fraction of sp³-hybridized carbons (Fsp3) is 0.900. The van der Waals surface area contributed by atoms with Crippen molar-refractivity contribution in [2.24, 2.45) is 28.9 Å². The van der Waals surface area contributed by atoms with E-state index in [4.69, 9.17) is 5.73 Å². The van der Waals surface area contributed by atoms with Gasteiger partial charge in [-0.1, -0.05) is 13.8 Å². The molecule has 72 valence electrons. The van der Waals surface area contributed by atoms with Gasteiger partial charge in [-0.2, -0.15) is 0 Å². The van der Waals surface area contributed by atoms with Gasteiger partial charge in [0.05, 0.1) is 0 Å². The molecule has 3 rings (SSSR count). The Balaban J connectivity index is 2.10. The van der Waals surface area contributed by atoms with E-state index in [-0.39, 0.29) is 29.3 Å². The van der Waals surface area contributed by atoms with Crippen LogP contribution in [0, 0.1) is 23.2 Å². The van der Waals surface area contributed by atoms with E-state index in [0.717, 1.165) is 6.42 Å². The molecule has 3 heteroatoms. The van der Waals surface area contributed by atoms with Crippen LogP contribution in [0.5, 0.6) is 0 Å². The van der Waals surface area contributed by atoms with Crippen molar-refractivity contribution < 1.29 is 4.79 Å². The fourth-order valence-electron chi connectivity index (χ4n) is 4.07. The molecule has 0 aromatic heterocycles. The van der Waals surface area contributed by atoms with Gasteiger partial charge < -0.3 is 11.1 Å². The number of fused-ring (bicyclic) bond motifs is 1. The van der Waals surface area contributed by atoms with Crippen LogP contribution in [0.4, 0.5) is 0 Å². The van der Waals surface area contributed by atoms with E-state index in [0.29, 0.717) is 11.8 Å². The predicted molar refractivity (Wildman–Crippen MR) is 48.8 cm³/mol. The van der Waals surface area contributed by atoms with Crippen molar-refractivity contribution in [3.8, 4) is 0 Å². The first-order valence-corrected chi connectivity index (χ1v) is 5.09. The summed E-state index contributed by atoms with van der Waals surface area (Å²) in [5.74, 6) is 1.56. The second-order valence-electron chi connectivity index (χ2n) is 5.41. The average Bonchev–Trinajstić information content (AvgIpc) is 2.51. The Labute approximate surface area is 78.1 Å². The van der Waals surface area contributed by atoms with Gasteiger partial charge in [-0.05, 0) is 23.7 Å². The maximum atomic E-state index is 11.6. The Kier molecular flexibility index (Phi) is 1.15. The zero-order chi connectivity index (χ0) is 9.38. The molecule has 5 atom stereocenters. The summed E-state index contributed by atoms with van der Waals surface area (Å²) in [7, 11) is 0. The normalized spacial score (nSPS) is 55.6. The molecule has 0 aromatic rings. The van der Waals surface area contributed by atoms with Crippen LogP contribution in [0.25, 0.3) is 0 Å². The minimum atomic E-state index is 0.197. The third kappa shape index (κ3) is 0.654. The van der Waals surface area contributed by atoms with Crippen molar-refractivity contribution in [1.82, 2.24) is 5.32 Å². The molecule has 0 radical (unpaired) electrons.